The van der Waals surface area contributed by atoms with Gasteiger partial charge >= 0.3 is 6.09 Å². The molecule has 1 atom stereocenters. The van der Waals surface area contributed by atoms with Gasteiger partial charge in [-0.05, 0) is 32.1 Å². The van der Waals surface area contributed by atoms with Crippen LogP contribution in [0.25, 0.3) is 0 Å². The lowest BCUT2D eigenvalue weighted by molar-refractivity contribution is 0.125. The summed E-state index contributed by atoms with van der Waals surface area (Å²) in [5.41, 5.74) is 5.26. The fourth-order valence-corrected chi connectivity index (χ4v) is 1.92. The Bertz CT molecular complexity index is 212. The molecule has 14 heavy (non-hydrogen) atoms. The molecule has 1 unspecified atom stereocenters. The van der Waals surface area contributed by atoms with E-state index in [1.54, 1.807) is 0 Å². The van der Waals surface area contributed by atoms with Crippen molar-refractivity contribution in [2.24, 2.45) is 11.7 Å². The number of aliphatic hydroxyl groups is 1. The van der Waals surface area contributed by atoms with Crippen LogP contribution in [0.1, 0.15) is 26.2 Å². The van der Waals surface area contributed by atoms with E-state index in [0.29, 0.717) is 5.92 Å². The lowest BCUT2D eigenvalue weighted by Crippen LogP contribution is -2.49. The number of amides is 1. The van der Waals surface area contributed by atoms with Crippen molar-refractivity contribution in [2.75, 3.05) is 6.61 Å². The second kappa shape index (κ2) is 4.14. The van der Waals surface area contributed by atoms with Gasteiger partial charge in [0.05, 0.1) is 6.61 Å². The van der Waals surface area contributed by atoms with Crippen molar-refractivity contribution in [1.82, 2.24) is 5.32 Å². The quantitative estimate of drug-likeness (QED) is 0.521. The predicted molar refractivity (Wildman–Crippen MR) is 52.0 cm³/mol. The smallest absolute Gasteiger partial charge is 0.404 e. The summed E-state index contributed by atoms with van der Waals surface area (Å²) in [6.07, 6.45) is 1.45. The SMILES string of the molecule is CC(N)(CO)CC1CC(NC(=O)O)C1. The Hall–Kier alpha value is -0.810. The van der Waals surface area contributed by atoms with E-state index in [1.165, 1.54) is 0 Å². The second-order valence-electron chi connectivity index (χ2n) is 4.50. The zero-order valence-corrected chi connectivity index (χ0v) is 8.36. The van der Waals surface area contributed by atoms with Gasteiger partial charge in [0.2, 0.25) is 0 Å². The van der Waals surface area contributed by atoms with E-state index < -0.39 is 11.6 Å². The molecule has 0 aliphatic heterocycles. The number of aliphatic hydroxyl groups excluding tert-OH is 1. The molecule has 0 saturated heterocycles. The zero-order chi connectivity index (χ0) is 10.8. The summed E-state index contributed by atoms with van der Waals surface area (Å²) >= 11 is 0. The molecule has 1 fully saturated rings. The molecule has 0 radical (unpaired) electrons. The second-order valence-corrected chi connectivity index (χ2v) is 4.50. The summed E-state index contributed by atoms with van der Waals surface area (Å²) < 4.78 is 0. The van der Waals surface area contributed by atoms with Crippen LogP contribution in [-0.4, -0.2) is 34.5 Å². The number of hydrogen-bond donors (Lipinski definition) is 4. The Morgan fingerprint density at radius 2 is 2.21 bits per heavy atom. The minimum absolute atomic E-state index is 0.0273. The molecular formula is C9H18N2O3. The van der Waals surface area contributed by atoms with Gasteiger partial charge in [-0.1, -0.05) is 0 Å². The molecule has 0 bridgehead atoms. The topological polar surface area (TPSA) is 95.6 Å². The van der Waals surface area contributed by atoms with Gasteiger partial charge in [-0.15, -0.1) is 0 Å². The van der Waals surface area contributed by atoms with E-state index in [9.17, 15) is 4.79 Å². The van der Waals surface area contributed by atoms with Crippen molar-refractivity contribution >= 4 is 6.09 Å². The molecule has 0 heterocycles. The van der Waals surface area contributed by atoms with Crippen LogP contribution in [-0.2, 0) is 0 Å². The number of carboxylic acid groups (broad SMARTS) is 1. The highest BCUT2D eigenvalue weighted by molar-refractivity contribution is 5.65. The summed E-state index contributed by atoms with van der Waals surface area (Å²) in [5, 5.41) is 19.8. The average Bonchev–Trinajstić information content (AvgIpc) is 1.99. The van der Waals surface area contributed by atoms with E-state index in [-0.39, 0.29) is 12.6 Å². The lowest BCUT2D eigenvalue weighted by Gasteiger charge is -2.39. The highest BCUT2D eigenvalue weighted by Gasteiger charge is 2.34. The predicted octanol–water partition coefficient (Wildman–Crippen LogP) is 0.132. The van der Waals surface area contributed by atoms with Gasteiger partial charge in [-0.25, -0.2) is 4.79 Å². The summed E-state index contributed by atoms with van der Waals surface area (Å²) in [7, 11) is 0. The standard InChI is InChI=1S/C9H18N2O3/c1-9(10,5-12)4-6-2-7(3-6)11-8(13)14/h6-7,11-12H,2-5,10H2,1H3,(H,13,14). The normalized spacial score (nSPS) is 30.2. The van der Waals surface area contributed by atoms with Crippen molar-refractivity contribution in [3.05, 3.63) is 0 Å². The molecule has 0 aromatic rings. The Morgan fingerprint density at radius 3 is 2.64 bits per heavy atom. The van der Waals surface area contributed by atoms with Gasteiger partial charge in [0.15, 0.2) is 0 Å². The third kappa shape index (κ3) is 3.16. The van der Waals surface area contributed by atoms with Gasteiger partial charge in [-0.3, -0.25) is 0 Å². The molecule has 1 amide bonds. The van der Waals surface area contributed by atoms with E-state index >= 15 is 0 Å². The van der Waals surface area contributed by atoms with Crippen molar-refractivity contribution < 1.29 is 15.0 Å². The lowest BCUT2D eigenvalue weighted by atomic mass is 9.74. The molecule has 5 N–H and O–H groups in total. The largest absolute Gasteiger partial charge is 0.465 e. The van der Waals surface area contributed by atoms with E-state index in [0.717, 1.165) is 19.3 Å². The Kier molecular flexibility index (Phi) is 3.34. The van der Waals surface area contributed by atoms with E-state index in [2.05, 4.69) is 5.32 Å². The minimum atomic E-state index is -0.967. The van der Waals surface area contributed by atoms with Crippen LogP contribution in [0, 0.1) is 5.92 Å². The first-order valence-electron chi connectivity index (χ1n) is 4.82. The molecule has 0 spiro atoms. The van der Waals surface area contributed by atoms with Gasteiger partial charge < -0.3 is 21.3 Å². The zero-order valence-electron chi connectivity index (χ0n) is 8.36. The van der Waals surface area contributed by atoms with Crippen molar-refractivity contribution in [3.63, 3.8) is 0 Å². The van der Waals surface area contributed by atoms with Gasteiger partial charge in [0, 0.05) is 11.6 Å². The molecule has 0 aromatic carbocycles. The molecule has 1 rings (SSSR count). The van der Waals surface area contributed by atoms with Crippen LogP contribution in [0.4, 0.5) is 4.79 Å². The maximum Gasteiger partial charge on any atom is 0.404 e. The Morgan fingerprint density at radius 1 is 1.64 bits per heavy atom. The molecule has 82 valence electrons. The molecule has 1 aliphatic carbocycles. The van der Waals surface area contributed by atoms with Crippen LogP contribution < -0.4 is 11.1 Å². The summed E-state index contributed by atoms with van der Waals surface area (Å²) in [6.45, 7) is 1.78. The minimum Gasteiger partial charge on any atom is -0.465 e. The number of nitrogens with two attached hydrogens (primary N) is 1. The number of carbonyl (C=O) groups is 1. The van der Waals surface area contributed by atoms with Crippen molar-refractivity contribution in [2.45, 2.75) is 37.8 Å². The first-order valence-corrected chi connectivity index (χ1v) is 4.82. The first-order chi connectivity index (χ1) is 6.43. The molecule has 1 aliphatic rings. The Balaban J connectivity index is 2.19. The maximum atomic E-state index is 10.3. The van der Waals surface area contributed by atoms with Crippen LogP contribution in [0.5, 0.6) is 0 Å². The van der Waals surface area contributed by atoms with Crippen LogP contribution in [0.2, 0.25) is 0 Å². The maximum absolute atomic E-state index is 10.3. The molecular weight excluding hydrogens is 184 g/mol. The Labute approximate surface area is 83.3 Å². The monoisotopic (exact) mass is 202 g/mol. The average molecular weight is 202 g/mol. The van der Waals surface area contributed by atoms with Crippen LogP contribution in [0.3, 0.4) is 0 Å². The van der Waals surface area contributed by atoms with Crippen molar-refractivity contribution in [1.29, 1.82) is 0 Å². The van der Waals surface area contributed by atoms with Crippen molar-refractivity contribution in [3.8, 4) is 0 Å². The van der Waals surface area contributed by atoms with E-state index in [4.69, 9.17) is 15.9 Å². The molecule has 5 nitrogen and oxygen atoms in total. The van der Waals surface area contributed by atoms with Crippen LogP contribution in [0.15, 0.2) is 0 Å². The summed E-state index contributed by atoms with van der Waals surface area (Å²) in [6, 6.07) is 0.0759. The highest BCUT2D eigenvalue weighted by atomic mass is 16.4. The molecule has 1 saturated carbocycles. The van der Waals surface area contributed by atoms with Crippen LogP contribution >= 0.6 is 0 Å². The first kappa shape index (κ1) is 11.3. The van der Waals surface area contributed by atoms with E-state index in [1.807, 2.05) is 6.92 Å². The number of rotatable bonds is 4. The summed E-state index contributed by atoms with van der Waals surface area (Å²) in [4.78, 5) is 10.3. The number of nitrogens with one attached hydrogen (secondary N) is 1. The fourth-order valence-electron chi connectivity index (χ4n) is 1.92. The number of hydrogen-bond acceptors (Lipinski definition) is 3. The molecule has 5 heteroatoms. The highest BCUT2D eigenvalue weighted by Crippen LogP contribution is 2.33. The third-order valence-electron chi connectivity index (χ3n) is 2.68. The van der Waals surface area contributed by atoms with Gasteiger partial charge in [0.25, 0.3) is 0 Å². The third-order valence-corrected chi connectivity index (χ3v) is 2.68. The fraction of sp³-hybridized carbons (Fsp3) is 0.889. The summed E-state index contributed by atoms with van der Waals surface area (Å²) in [5.74, 6) is 0.439. The van der Waals surface area contributed by atoms with Gasteiger partial charge in [0.1, 0.15) is 0 Å². The molecule has 0 aromatic heterocycles. The van der Waals surface area contributed by atoms with Gasteiger partial charge in [-0.2, -0.15) is 0 Å².